The van der Waals surface area contributed by atoms with Crippen LogP contribution in [0.15, 0.2) is 12.1 Å². The molecule has 0 saturated heterocycles. The van der Waals surface area contributed by atoms with Crippen LogP contribution >= 0.6 is 11.6 Å². The lowest BCUT2D eigenvalue weighted by Gasteiger charge is -2.17. The number of hydrogen-bond acceptors (Lipinski definition) is 1. The molecule has 0 aliphatic rings. The van der Waals surface area contributed by atoms with Crippen molar-refractivity contribution in [2.24, 2.45) is 0 Å². The summed E-state index contributed by atoms with van der Waals surface area (Å²) in [5, 5.41) is 0. The normalized spacial score (nSPS) is 13.0. The van der Waals surface area contributed by atoms with Crippen LogP contribution in [0, 0.1) is 12.7 Å². The van der Waals surface area contributed by atoms with Gasteiger partial charge in [-0.3, -0.25) is 0 Å². The molecule has 1 atom stereocenters. The Morgan fingerprint density at radius 1 is 1.29 bits per heavy atom. The van der Waals surface area contributed by atoms with Gasteiger partial charge in [-0.25, -0.2) is 9.37 Å². The molecule has 0 saturated carbocycles. The molecule has 0 aliphatic carbocycles. The van der Waals surface area contributed by atoms with E-state index in [-0.39, 0.29) is 5.82 Å². The van der Waals surface area contributed by atoms with E-state index in [2.05, 4.69) is 23.4 Å². The molecule has 0 amide bonds. The zero-order valence-electron chi connectivity index (χ0n) is 13.1. The number of unbranched alkanes of at least 4 members (excludes halogenated alkanes) is 3. The Morgan fingerprint density at radius 3 is 2.71 bits per heavy atom. The van der Waals surface area contributed by atoms with E-state index >= 15 is 0 Å². The molecule has 116 valence electrons. The summed E-state index contributed by atoms with van der Waals surface area (Å²) in [5.41, 5.74) is 2.35. The maximum Gasteiger partial charge on any atom is 0.128 e. The number of nitrogens with zero attached hydrogens (tertiary/aromatic N) is 2. The van der Waals surface area contributed by atoms with Crippen molar-refractivity contribution in [3.05, 3.63) is 29.3 Å². The first-order valence-electron chi connectivity index (χ1n) is 7.81. The lowest BCUT2D eigenvalue weighted by atomic mass is 10.1. The lowest BCUT2D eigenvalue weighted by molar-refractivity contribution is 0.472. The molecule has 0 aliphatic heterocycles. The van der Waals surface area contributed by atoms with Gasteiger partial charge in [0.2, 0.25) is 0 Å². The number of aromatic nitrogens is 2. The largest absolute Gasteiger partial charge is 0.324 e. The Labute approximate surface area is 131 Å². The predicted molar refractivity (Wildman–Crippen MR) is 87.5 cm³/mol. The monoisotopic (exact) mass is 310 g/mol. The van der Waals surface area contributed by atoms with Crippen LogP contribution in [-0.4, -0.2) is 9.55 Å². The molecule has 0 N–H and O–H groups in total. The van der Waals surface area contributed by atoms with Gasteiger partial charge in [-0.2, -0.15) is 0 Å². The highest BCUT2D eigenvalue weighted by Crippen LogP contribution is 2.27. The number of rotatable bonds is 7. The number of halogens is 2. The summed E-state index contributed by atoms with van der Waals surface area (Å²) in [4.78, 5) is 4.49. The third-order valence-electron chi connectivity index (χ3n) is 4.08. The van der Waals surface area contributed by atoms with Gasteiger partial charge in [-0.1, -0.05) is 32.6 Å². The topological polar surface area (TPSA) is 17.8 Å². The Balaban J connectivity index is 2.30. The highest BCUT2D eigenvalue weighted by Gasteiger charge is 2.16. The molecule has 1 unspecified atom stereocenters. The van der Waals surface area contributed by atoms with Gasteiger partial charge >= 0.3 is 0 Å². The van der Waals surface area contributed by atoms with Gasteiger partial charge in [0.25, 0.3) is 0 Å². The van der Waals surface area contributed by atoms with Crippen molar-refractivity contribution in [1.29, 1.82) is 0 Å². The minimum atomic E-state index is -0.205. The van der Waals surface area contributed by atoms with Crippen molar-refractivity contribution < 1.29 is 4.39 Å². The number of hydrogen-bond donors (Lipinski definition) is 0. The summed E-state index contributed by atoms with van der Waals surface area (Å²) in [6, 6.07) is 3.74. The molecular formula is C17H24ClFN2. The third-order valence-corrected chi connectivity index (χ3v) is 4.32. The van der Waals surface area contributed by atoms with E-state index < -0.39 is 0 Å². The second-order valence-corrected chi connectivity index (χ2v) is 6.09. The van der Waals surface area contributed by atoms with Crippen LogP contribution in [0.4, 0.5) is 4.39 Å². The van der Waals surface area contributed by atoms with E-state index in [4.69, 9.17) is 11.6 Å². The molecule has 1 heterocycles. The van der Waals surface area contributed by atoms with Crippen LogP contribution < -0.4 is 0 Å². The Morgan fingerprint density at radius 2 is 2.05 bits per heavy atom. The van der Waals surface area contributed by atoms with Gasteiger partial charge in [-0.15, -0.1) is 11.6 Å². The van der Waals surface area contributed by atoms with E-state index in [0.717, 1.165) is 17.8 Å². The number of imidazole rings is 1. The first-order chi connectivity index (χ1) is 10.1. The molecule has 0 spiro atoms. The number of fused-ring (bicyclic) bond motifs is 1. The molecule has 2 rings (SSSR count). The van der Waals surface area contributed by atoms with Gasteiger partial charge in [0.15, 0.2) is 0 Å². The van der Waals surface area contributed by atoms with Crippen molar-refractivity contribution in [2.45, 2.75) is 64.8 Å². The minimum absolute atomic E-state index is 0.205. The highest BCUT2D eigenvalue weighted by atomic mass is 35.5. The molecule has 21 heavy (non-hydrogen) atoms. The summed E-state index contributed by atoms with van der Waals surface area (Å²) < 4.78 is 15.9. The van der Waals surface area contributed by atoms with E-state index in [1.165, 1.54) is 31.7 Å². The smallest absolute Gasteiger partial charge is 0.128 e. The zero-order chi connectivity index (χ0) is 15.4. The second-order valence-electron chi connectivity index (χ2n) is 5.82. The van der Waals surface area contributed by atoms with Crippen LogP contribution in [-0.2, 0) is 5.88 Å². The van der Waals surface area contributed by atoms with Crippen molar-refractivity contribution in [1.82, 2.24) is 9.55 Å². The molecule has 4 heteroatoms. The van der Waals surface area contributed by atoms with Crippen LogP contribution in [0.3, 0.4) is 0 Å². The molecule has 0 radical (unpaired) electrons. The summed E-state index contributed by atoms with van der Waals surface area (Å²) in [6.07, 6.45) is 6.09. The number of benzene rings is 1. The Kier molecular flexibility index (Phi) is 5.63. The maximum absolute atomic E-state index is 13.7. The fourth-order valence-electron chi connectivity index (χ4n) is 2.85. The van der Waals surface area contributed by atoms with E-state index in [0.29, 0.717) is 23.0 Å². The summed E-state index contributed by atoms with van der Waals surface area (Å²) in [5.74, 6) is 0.984. The van der Waals surface area contributed by atoms with Gasteiger partial charge in [0.1, 0.15) is 11.6 Å². The van der Waals surface area contributed by atoms with Crippen LogP contribution in [0.5, 0.6) is 0 Å². The fourth-order valence-corrected chi connectivity index (χ4v) is 3.04. The summed E-state index contributed by atoms with van der Waals surface area (Å²) >= 11 is 6.03. The van der Waals surface area contributed by atoms with Crippen molar-refractivity contribution >= 4 is 22.6 Å². The Bertz CT molecular complexity index is 606. The standard InChI is InChI=1S/C17H24ClFN2/c1-4-5-6-7-8-13(3)21-16-9-12(2)14(19)10-15(16)20-17(21)11-18/h9-10,13H,4-8,11H2,1-3H3. The van der Waals surface area contributed by atoms with Gasteiger partial charge < -0.3 is 4.57 Å². The summed E-state index contributed by atoms with van der Waals surface area (Å²) in [6.45, 7) is 6.20. The van der Waals surface area contributed by atoms with Crippen molar-refractivity contribution in [2.75, 3.05) is 0 Å². The zero-order valence-corrected chi connectivity index (χ0v) is 13.9. The van der Waals surface area contributed by atoms with E-state index in [9.17, 15) is 4.39 Å². The molecule has 0 bridgehead atoms. The van der Waals surface area contributed by atoms with E-state index in [1.54, 1.807) is 6.92 Å². The molecule has 1 aromatic carbocycles. The fraction of sp³-hybridized carbons (Fsp3) is 0.588. The van der Waals surface area contributed by atoms with Crippen LogP contribution in [0.25, 0.3) is 11.0 Å². The van der Waals surface area contributed by atoms with Crippen molar-refractivity contribution in [3.63, 3.8) is 0 Å². The van der Waals surface area contributed by atoms with Gasteiger partial charge in [0.05, 0.1) is 16.9 Å². The number of aryl methyl sites for hydroxylation is 1. The lowest BCUT2D eigenvalue weighted by Crippen LogP contribution is -2.08. The quantitative estimate of drug-likeness (QED) is 0.470. The third kappa shape index (κ3) is 3.57. The first-order valence-corrected chi connectivity index (χ1v) is 8.34. The van der Waals surface area contributed by atoms with Crippen molar-refractivity contribution in [3.8, 4) is 0 Å². The second kappa shape index (κ2) is 7.26. The van der Waals surface area contributed by atoms with Crippen LogP contribution in [0.2, 0.25) is 0 Å². The molecule has 2 nitrogen and oxygen atoms in total. The summed E-state index contributed by atoms with van der Waals surface area (Å²) in [7, 11) is 0. The highest BCUT2D eigenvalue weighted by molar-refractivity contribution is 6.16. The number of alkyl halides is 1. The maximum atomic E-state index is 13.7. The average Bonchev–Trinajstić information content (AvgIpc) is 2.81. The predicted octanol–water partition coefficient (Wildman–Crippen LogP) is 5.75. The molecular weight excluding hydrogens is 287 g/mol. The molecule has 0 fully saturated rings. The molecule has 1 aromatic heterocycles. The van der Waals surface area contributed by atoms with E-state index in [1.807, 2.05) is 6.07 Å². The van der Waals surface area contributed by atoms with Gasteiger partial charge in [0, 0.05) is 12.1 Å². The Hall–Kier alpha value is -1.09. The SMILES string of the molecule is CCCCCCC(C)n1c(CCl)nc2cc(F)c(C)cc21. The van der Waals surface area contributed by atoms with Crippen LogP contribution in [0.1, 0.15) is 63.4 Å². The minimum Gasteiger partial charge on any atom is -0.324 e. The van der Waals surface area contributed by atoms with Gasteiger partial charge in [-0.05, 0) is 31.9 Å². The molecule has 2 aromatic rings. The first kappa shape index (κ1) is 16.3. The average molecular weight is 311 g/mol.